The second-order valence-corrected chi connectivity index (χ2v) is 5.85. The molecule has 0 atom stereocenters. The number of rotatable bonds is 4. The van der Waals surface area contributed by atoms with Crippen LogP contribution in [0.15, 0.2) is 12.1 Å². The highest BCUT2D eigenvalue weighted by atomic mass is 35.5. The van der Waals surface area contributed by atoms with Gasteiger partial charge in [0.2, 0.25) is 5.91 Å². The molecule has 0 bridgehead atoms. The van der Waals surface area contributed by atoms with Gasteiger partial charge in [0.05, 0.1) is 10.0 Å². The third-order valence-electron chi connectivity index (χ3n) is 3.51. The van der Waals surface area contributed by atoms with Crippen LogP contribution < -0.4 is 10.6 Å². The molecule has 20 heavy (non-hydrogen) atoms. The number of piperidine rings is 1. The first-order valence-electron chi connectivity index (χ1n) is 6.71. The Morgan fingerprint density at radius 1 is 1.30 bits per heavy atom. The zero-order chi connectivity index (χ0) is 14.5. The van der Waals surface area contributed by atoms with Crippen LogP contribution in [0.1, 0.15) is 25.7 Å². The Morgan fingerprint density at radius 3 is 2.50 bits per heavy atom. The standard InChI is InChI=1S/C14H17Cl2FN2O/c15-11-7-10(8-12(16)14(11)17)19-13(20)2-1-9-3-5-18-6-4-9/h7-9,18H,1-6H2,(H,19,20). The molecular weight excluding hydrogens is 302 g/mol. The van der Waals surface area contributed by atoms with Crippen molar-refractivity contribution in [1.29, 1.82) is 0 Å². The summed E-state index contributed by atoms with van der Waals surface area (Å²) >= 11 is 11.4. The van der Waals surface area contributed by atoms with Gasteiger partial charge in [-0.05, 0) is 50.4 Å². The van der Waals surface area contributed by atoms with Crippen molar-refractivity contribution in [3.63, 3.8) is 0 Å². The number of carbonyl (C=O) groups is 1. The lowest BCUT2D eigenvalue weighted by Crippen LogP contribution is -2.28. The van der Waals surface area contributed by atoms with Crippen LogP contribution in [0.4, 0.5) is 10.1 Å². The minimum atomic E-state index is -0.666. The molecule has 0 radical (unpaired) electrons. The molecule has 0 spiro atoms. The number of hydrogen-bond donors (Lipinski definition) is 2. The summed E-state index contributed by atoms with van der Waals surface area (Å²) in [6, 6.07) is 2.73. The maximum absolute atomic E-state index is 13.3. The van der Waals surface area contributed by atoms with Crippen molar-refractivity contribution >= 4 is 34.8 Å². The number of anilines is 1. The quantitative estimate of drug-likeness (QED) is 0.828. The van der Waals surface area contributed by atoms with Gasteiger partial charge in [-0.3, -0.25) is 4.79 Å². The zero-order valence-corrected chi connectivity index (χ0v) is 12.5. The van der Waals surface area contributed by atoms with Gasteiger partial charge in [-0.2, -0.15) is 0 Å². The molecule has 1 aromatic rings. The average Bonchev–Trinajstić information content (AvgIpc) is 2.43. The molecule has 6 heteroatoms. The predicted octanol–water partition coefficient (Wildman–Crippen LogP) is 3.85. The molecule has 1 heterocycles. The van der Waals surface area contributed by atoms with E-state index in [2.05, 4.69) is 10.6 Å². The Hall–Kier alpha value is -0.840. The highest BCUT2D eigenvalue weighted by Crippen LogP contribution is 2.27. The van der Waals surface area contributed by atoms with E-state index in [1.807, 2.05) is 0 Å². The molecule has 1 aromatic carbocycles. The van der Waals surface area contributed by atoms with Crippen LogP contribution in [0, 0.1) is 11.7 Å². The molecule has 0 unspecified atom stereocenters. The van der Waals surface area contributed by atoms with Gasteiger partial charge in [0, 0.05) is 12.1 Å². The van der Waals surface area contributed by atoms with Crippen LogP contribution in [-0.2, 0) is 4.79 Å². The van der Waals surface area contributed by atoms with E-state index in [9.17, 15) is 9.18 Å². The smallest absolute Gasteiger partial charge is 0.224 e. The average molecular weight is 319 g/mol. The summed E-state index contributed by atoms with van der Waals surface area (Å²) in [4.78, 5) is 11.9. The third-order valence-corrected chi connectivity index (χ3v) is 4.06. The highest BCUT2D eigenvalue weighted by Gasteiger charge is 2.15. The molecule has 2 rings (SSSR count). The van der Waals surface area contributed by atoms with E-state index in [-0.39, 0.29) is 16.0 Å². The Labute approximate surface area is 127 Å². The van der Waals surface area contributed by atoms with Crippen molar-refractivity contribution in [3.8, 4) is 0 Å². The molecule has 1 fully saturated rings. The fourth-order valence-electron chi connectivity index (χ4n) is 2.36. The lowest BCUT2D eigenvalue weighted by atomic mass is 9.93. The molecule has 0 aliphatic carbocycles. The molecule has 110 valence electrons. The van der Waals surface area contributed by atoms with E-state index in [1.54, 1.807) is 0 Å². The minimum absolute atomic E-state index is 0.0915. The van der Waals surface area contributed by atoms with Crippen LogP contribution in [0.3, 0.4) is 0 Å². The van der Waals surface area contributed by atoms with Crippen molar-refractivity contribution in [2.24, 2.45) is 5.92 Å². The summed E-state index contributed by atoms with van der Waals surface area (Å²) in [6.07, 6.45) is 3.55. The number of halogens is 3. The minimum Gasteiger partial charge on any atom is -0.326 e. The number of benzene rings is 1. The van der Waals surface area contributed by atoms with Crippen LogP contribution >= 0.6 is 23.2 Å². The van der Waals surface area contributed by atoms with Gasteiger partial charge in [-0.15, -0.1) is 0 Å². The molecule has 1 saturated heterocycles. The monoisotopic (exact) mass is 318 g/mol. The maximum Gasteiger partial charge on any atom is 0.224 e. The topological polar surface area (TPSA) is 41.1 Å². The van der Waals surface area contributed by atoms with Gasteiger partial charge >= 0.3 is 0 Å². The Kier molecular flexibility index (Phi) is 5.64. The normalized spacial score (nSPS) is 16.1. The van der Waals surface area contributed by atoms with Gasteiger partial charge in [-0.1, -0.05) is 23.2 Å². The van der Waals surface area contributed by atoms with Gasteiger partial charge in [0.1, 0.15) is 0 Å². The zero-order valence-electron chi connectivity index (χ0n) is 11.0. The fraction of sp³-hybridized carbons (Fsp3) is 0.500. The van der Waals surface area contributed by atoms with Crippen molar-refractivity contribution in [1.82, 2.24) is 5.32 Å². The SMILES string of the molecule is O=C(CCC1CCNCC1)Nc1cc(Cl)c(F)c(Cl)c1. The summed E-state index contributed by atoms with van der Waals surface area (Å²) in [5, 5.41) is 5.81. The summed E-state index contributed by atoms with van der Waals surface area (Å²) in [5.74, 6) is -0.161. The van der Waals surface area contributed by atoms with E-state index in [0.717, 1.165) is 32.4 Å². The molecule has 3 nitrogen and oxygen atoms in total. The van der Waals surface area contributed by atoms with Crippen molar-refractivity contribution in [2.75, 3.05) is 18.4 Å². The Morgan fingerprint density at radius 2 is 1.90 bits per heavy atom. The number of hydrogen-bond acceptors (Lipinski definition) is 2. The van der Waals surface area contributed by atoms with Gasteiger partial charge in [0.15, 0.2) is 5.82 Å². The third kappa shape index (κ3) is 4.33. The van der Waals surface area contributed by atoms with Gasteiger partial charge in [0.25, 0.3) is 0 Å². The lowest BCUT2D eigenvalue weighted by molar-refractivity contribution is -0.116. The predicted molar refractivity (Wildman–Crippen MR) is 79.9 cm³/mol. The highest BCUT2D eigenvalue weighted by molar-refractivity contribution is 6.35. The second kappa shape index (κ2) is 7.25. The van der Waals surface area contributed by atoms with E-state index in [4.69, 9.17) is 23.2 Å². The first kappa shape index (κ1) is 15.5. The first-order chi connectivity index (χ1) is 9.56. The molecule has 0 saturated carbocycles. The van der Waals surface area contributed by atoms with Crippen molar-refractivity contribution in [2.45, 2.75) is 25.7 Å². The molecule has 1 aliphatic rings. The largest absolute Gasteiger partial charge is 0.326 e. The number of nitrogens with one attached hydrogen (secondary N) is 2. The van der Waals surface area contributed by atoms with E-state index >= 15 is 0 Å². The molecule has 2 N–H and O–H groups in total. The fourth-order valence-corrected chi connectivity index (χ4v) is 2.84. The van der Waals surface area contributed by atoms with Gasteiger partial charge < -0.3 is 10.6 Å². The van der Waals surface area contributed by atoms with Crippen LogP contribution in [0.25, 0.3) is 0 Å². The molecular formula is C14H17Cl2FN2O. The van der Waals surface area contributed by atoms with Crippen LogP contribution in [0.2, 0.25) is 10.0 Å². The van der Waals surface area contributed by atoms with E-state index in [1.165, 1.54) is 12.1 Å². The summed E-state index contributed by atoms with van der Waals surface area (Å²) < 4.78 is 13.3. The molecule has 1 amide bonds. The molecule has 0 aromatic heterocycles. The lowest BCUT2D eigenvalue weighted by Gasteiger charge is -2.22. The van der Waals surface area contributed by atoms with Crippen molar-refractivity contribution in [3.05, 3.63) is 28.0 Å². The molecule has 1 aliphatic heterocycles. The van der Waals surface area contributed by atoms with Crippen LogP contribution in [0.5, 0.6) is 0 Å². The van der Waals surface area contributed by atoms with E-state index < -0.39 is 5.82 Å². The summed E-state index contributed by atoms with van der Waals surface area (Å²) in [5.41, 5.74) is 0.428. The van der Waals surface area contributed by atoms with Crippen LogP contribution in [-0.4, -0.2) is 19.0 Å². The number of carbonyl (C=O) groups excluding carboxylic acids is 1. The Balaban J connectivity index is 1.84. The number of amides is 1. The summed E-state index contributed by atoms with van der Waals surface area (Å²) in [6.45, 7) is 2.05. The van der Waals surface area contributed by atoms with E-state index in [0.29, 0.717) is 18.0 Å². The second-order valence-electron chi connectivity index (χ2n) is 5.03. The summed E-state index contributed by atoms with van der Waals surface area (Å²) in [7, 11) is 0. The van der Waals surface area contributed by atoms with Crippen molar-refractivity contribution < 1.29 is 9.18 Å². The maximum atomic E-state index is 13.3. The first-order valence-corrected chi connectivity index (χ1v) is 7.47. The Bertz CT molecular complexity index is 467. The van der Waals surface area contributed by atoms with Gasteiger partial charge in [-0.25, -0.2) is 4.39 Å².